The second kappa shape index (κ2) is 3.57. The third-order valence-electron chi connectivity index (χ3n) is 0.655. The van der Waals surface area contributed by atoms with Crippen molar-refractivity contribution < 1.29 is 14.7 Å². The van der Waals surface area contributed by atoms with E-state index in [0.717, 1.165) is 0 Å². The number of oxime groups is 1. The normalized spacial score (nSPS) is 12.9. The molecule has 0 fully saturated rings. The van der Waals surface area contributed by atoms with E-state index in [-0.39, 0.29) is 0 Å². The number of ether oxygens (including phenoxy) is 1. The number of hydrogen-bond donors (Lipinski definition) is 1. The number of hydrogen-bond acceptors (Lipinski definition) is 4. The summed E-state index contributed by atoms with van der Waals surface area (Å²) in [7, 11) is 0. The summed E-state index contributed by atoms with van der Waals surface area (Å²) in [6.07, 6.45) is 0. The summed E-state index contributed by atoms with van der Waals surface area (Å²) in [6.45, 7) is 5.06. The number of nitrogens with zero attached hydrogens (tertiary/aromatic N) is 1. The molecule has 0 atom stereocenters. The molecule has 0 aromatic carbocycles. The number of carbonyl (C=O) groups is 1. The molecule has 0 saturated carbocycles. The maximum absolute atomic E-state index is 10.7. The van der Waals surface area contributed by atoms with Crippen LogP contribution in [-0.4, -0.2) is 21.9 Å². The van der Waals surface area contributed by atoms with Gasteiger partial charge < -0.3 is 9.94 Å². The first kappa shape index (κ1) is 10.2. The zero-order valence-electron chi connectivity index (χ0n) is 6.59. The third-order valence-corrected chi connectivity index (χ3v) is 0.885. The topological polar surface area (TPSA) is 58.9 Å². The van der Waals surface area contributed by atoms with Crippen LogP contribution in [0.15, 0.2) is 5.16 Å². The van der Waals surface area contributed by atoms with E-state index in [1.165, 1.54) is 0 Å². The van der Waals surface area contributed by atoms with E-state index in [2.05, 4.69) is 5.16 Å². The highest BCUT2D eigenvalue weighted by molar-refractivity contribution is 6.81. The van der Waals surface area contributed by atoms with Gasteiger partial charge in [0.05, 0.1) is 0 Å². The maximum atomic E-state index is 10.7. The van der Waals surface area contributed by atoms with Crippen LogP contribution in [0, 0.1) is 0 Å². The molecule has 0 radical (unpaired) electrons. The molecular weight excluding hydrogens is 170 g/mol. The number of esters is 1. The number of rotatable bonds is 1. The molecule has 0 aliphatic rings. The largest absolute Gasteiger partial charge is 0.454 e. The van der Waals surface area contributed by atoms with Gasteiger partial charge in [0.1, 0.15) is 5.60 Å². The van der Waals surface area contributed by atoms with Gasteiger partial charge in [0.2, 0.25) is 0 Å². The maximum Gasteiger partial charge on any atom is 0.372 e. The lowest BCUT2D eigenvalue weighted by molar-refractivity contribution is -0.145. The van der Waals surface area contributed by atoms with Gasteiger partial charge in [-0.05, 0) is 20.8 Å². The van der Waals surface area contributed by atoms with Gasteiger partial charge in [0, 0.05) is 0 Å². The van der Waals surface area contributed by atoms with E-state index in [0.29, 0.717) is 0 Å². The van der Waals surface area contributed by atoms with Crippen LogP contribution in [0.2, 0.25) is 0 Å². The molecule has 0 bridgehead atoms. The van der Waals surface area contributed by atoms with Crippen molar-refractivity contribution in [1.29, 1.82) is 0 Å². The lowest BCUT2D eigenvalue weighted by Crippen LogP contribution is -2.26. The number of halogens is 1. The zero-order chi connectivity index (χ0) is 9.07. The molecule has 0 saturated heterocycles. The van der Waals surface area contributed by atoms with Gasteiger partial charge >= 0.3 is 5.97 Å². The van der Waals surface area contributed by atoms with Crippen molar-refractivity contribution >= 4 is 22.7 Å². The minimum Gasteiger partial charge on any atom is -0.454 e. The van der Waals surface area contributed by atoms with E-state index < -0.39 is 16.7 Å². The molecule has 0 aromatic rings. The smallest absolute Gasteiger partial charge is 0.372 e. The van der Waals surface area contributed by atoms with Crippen molar-refractivity contribution in [2.75, 3.05) is 0 Å². The van der Waals surface area contributed by atoms with Crippen molar-refractivity contribution in [3.05, 3.63) is 0 Å². The van der Waals surface area contributed by atoms with Crippen molar-refractivity contribution in [2.45, 2.75) is 26.4 Å². The molecule has 4 nitrogen and oxygen atoms in total. The molecule has 0 unspecified atom stereocenters. The summed E-state index contributed by atoms with van der Waals surface area (Å²) >= 11 is 5.15. The minimum atomic E-state index is -0.832. The van der Waals surface area contributed by atoms with Crippen molar-refractivity contribution in [2.24, 2.45) is 5.16 Å². The molecule has 0 aliphatic heterocycles. The predicted octanol–water partition coefficient (Wildman–Crippen LogP) is 1.35. The highest BCUT2D eigenvalue weighted by atomic mass is 35.5. The minimum absolute atomic E-state index is 0.570. The van der Waals surface area contributed by atoms with E-state index in [9.17, 15) is 4.79 Å². The summed E-state index contributed by atoms with van der Waals surface area (Å²) in [5, 5.41) is 9.97. The van der Waals surface area contributed by atoms with E-state index >= 15 is 0 Å². The third kappa shape index (κ3) is 4.61. The molecule has 0 heterocycles. The fraction of sp³-hybridized carbons (Fsp3) is 0.667. The molecule has 1 N–H and O–H groups in total. The van der Waals surface area contributed by atoms with E-state index in [1.54, 1.807) is 20.8 Å². The fourth-order valence-corrected chi connectivity index (χ4v) is 0.400. The SMILES string of the molecule is CC(C)(C)OC(=O)/C(Cl)=N\O. The lowest BCUT2D eigenvalue weighted by Gasteiger charge is -2.18. The highest BCUT2D eigenvalue weighted by Crippen LogP contribution is 2.08. The molecule has 5 heteroatoms. The van der Waals surface area contributed by atoms with Gasteiger partial charge in [0.15, 0.2) is 0 Å². The van der Waals surface area contributed by atoms with Crippen LogP contribution in [0.5, 0.6) is 0 Å². The summed E-state index contributed by atoms with van der Waals surface area (Å²) in [4.78, 5) is 10.7. The number of carbonyl (C=O) groups excluding carboxylic acids is 1. The van der Waals surface area contributed by atoms with Crippen LogP contribution in [0.3, 0.4) is 0 Å². The molecular formula is C6H10ClNO3. The Bertz CT molecular complexity index is 183. The molecule has 0 spiro atoms. The molecule has 0 amide bonds. The Morgan fingerprint density at radius 2 is 2.00 bits per heavy atom. The van der Waals surface area contributed by atoms with Gasteiger partial charge in [-0.25, -0.2) is 4.79 Å². The Labute approximate surface area is 69.8 Å². The molecule has 0 aliphatic carbocycles. The van der Waals surface area contributed by atoms with Crippen LogP contribution in [0.4, 0.5) is 0 Å². The van der Waals surface area contributed by atoms with Crippen molar-refractivity contribution in [3.8, 4) is 0 Å². The Kier molecular flexibility index (Phi) is 3.32. The van der Waals surface area contributed by atoms with Gasteiger partial charge in [-0.1, -0.05) is 16.8 Å². The Morgan fingerprint density at radius 1 is 1.55 bits per heavy atom. The first-order valence-electron chi connectivity index (χ1n) is 2.97. The lowest BCUT2D eigenvalue weighted by atomic mass is 10.2. The van der Waals surface area contributed by atoms with E-state index in [4.69, 9.17) is 21.5 Å². The Hall–Kier alpha value is -0.770. The van der Waals surface area contributed by atoms with Crippen LogP contribution >= 0.6 is 11.6 Å². The summed E-state index contributed by atoms with van der Waals surface area (Å²) in [5.74, 6) is -0.832. The summed E-state index contributed by atoms with van der Waals surface area (Å²) in [5.41, 5.74) is -0.623. The zero-order valence-corrected chi connectivity index (χ0v) is 7.34. The molecule has 0 rings (SSSR count). The van der Waals surface area contributed by atoms with Crippen molar-refractivity contribution in [3.63, 3.8) is 0 Å². The average Bonchev–Trinajstić information content (AvgIpc) is 1.82. The first-order chi connectivity index (χ1) is 4.87. The Balaban J connectivity index is 4.10. The fourth-order valence-electron chi connectivity index (χ4n) is 0.361. The molecule has 11 heavy (non-hydrogen) atoms. The van der Waals surface area contributed by atoms with Gasteiger partial charge in [0.25, 0.3) is 5.17 Å². The summed E-state index contributed by atoms with van der Waals surface area (Å²) in [6, 6.07) is 0. The van der Waals surface area contributed by atoms with Crippen LogP contribution < -0.4 is 0 Å². The Morgan fingerprint density at radius 3 is 2.27 bits per heavy atom. The molecule has 64 valence electrons. The van der Waals surface area contributed by atoms with Crippen LogP contribution in [-0.2, 0) is 9.53 Å². The average molecular weight is 180 g/mol. The van der Waals surface area contributed by atoms with Gasteiger partial charge in [-0.2, -0.15) is 0 Å². The van der Waals surface area contributed by atoms with Crippen LogP contribution in [0.25, 0.3) is 0 Å². The standard InChI is InChI=1S/C6H10ClNO3/c1-6(2,3)11-5(9)4(7)8-10/h10H,1-3H3/b8-4+. The monoisotopic (exact) mass is 179 g/mol. The van der Waals surface area contributed by atoms with E-state index in [1.807, 2.05) is 0 Å². The highest BCUT2D eigenvalue weighted by Gasteiger charge is 2.19. The first-order valence-corrected chi connectivity index (χ1v) is 3.35. The second-order valence-electron chi connectivity index (χ2n) is 2.89. The quantitative estimate of drug-likeness (QED) is 0.286. The van der Waals surface area contributed by atoms with Gasteiger partial charge in [-0.3, -0.25) is 0 Å². The predicted molar refractivity (Wildman–Crippen MR) is 40.9 cm³/mol. The van der Waals surface area contributed by atoms with Crippen LogP contribution in [0.1, 0.15) is 20.8 Å². The van der Waals surface area contributed by atoms with Crippen molar-refractivity contribution in [1.82, 2.24) is 0 Å². The summed E-state index contributed by atoms with van der Waals surface area (Å²) < 4.78 is 4.73. The second-order valence-corrected chi connectivity index (χ2v) is 3.25. The molecule has 0 aromatic heterocycles. The van der Waals surface area contributed by atoms with Gasteiger partial charge in [-0.15, -0.1) is 0 Å².